The molecule has 1 aromatic carbocycles. The van der Waals surface area contributed by atoms with Gasteiger partial charge in [-0.3, -0.25) is 0 Å². The third kappa shape index (κ3) is 2.36. The lowest BCUT2D eigenvalue weighted by molar-refractivity contribution is 0.0869. The number of aromatic nitrogens is 1. The molecule has 124 valence electrons. The number of nitrogens with zero attached hydrogens (tertiary/aromatic N) is 1. The predicted octanol–water partition coefficient (Wildman–Crippen LogP) is 4.59. The molecule has 2 aromatic rings. The lowest BCUT2D eigenvalue weighted by Crippen LogP contribution is -2.50. The summed E-state index contributed by atoms with van der Waals surface area (Å²) in [7, 11) is 0. The minimum atomic E-state index is -0.479. The van der Waals surface area contributed by atoms with E-state index in [-0.39, 0.29) is 5.92 Å². The molecule has 23 heavy (non-hydrogen) atoms. The minimum Gasteiger partial charge on any atom is -0.390 e. The molecule has 1 aliphatic heterocycles. The van der Waals surface area contributed by atoms with Gasteiger partial charge in [0, 0.05) is 22.7 Å². The van der Waals surface area contributed by atoms with Crippen molar-refractivity contribution in [2.75, 3.05) is 5.32 Å². The number of nitrogens with one attached hydrogen (secondary N) is 1. The Bertz CT molecular complexity index is 760. The van der Waals surface area contributed by atoms with E-state index in [1.54, 1.807) is 0 Å². The first-order valence-electron chi connectivity index (χ1n) is 7.87. The zero-order valence-corrected chi connectivity index (χ0v) is 15.2. The first kappa shape index (κ1) is 16.3. The molecule has 5 heteroatoms. The van der Waals surface area contributed by atoms with E-state index in [0.717, 1.165) is 39.4 Å². The fourth-order valence-corrected chi connectivity index (χ4v) is 3.83. The zero-order valence-electron chi connectivity index (χ0n) is 14.4. The van der Waals surface area contributed by atoms with Gasteiger partial charge in [-0.2, -0.15) is 0 Å². The van der Waals surface area contributed by atoms with E-state index in [9.17, 15) is 5.11 Å². The van der Waals surface area contributed by atoms with Crippen LogP contribution in [0.3, 0.4) is 0 Å². The van der Waals surface area contributed by atoms with Crippen molar-refractivity contribution in [2.45, 2.75) is 59.1 Å². The van der Waals surface area contributed by atoms with Gasteiger partial charge in [-0.25, -0.2) is 0 Å². The maximum Gasteiger partial charge on any atom is 0.141 e. The number of hydrogen-bond acceptors (Lipinski definition) is 4. The van der Waals surface area contributed by atoms with Crippen molar-refractivity contribution in [3.05, 3.63) is 33.7 Å². The second-order valence-corrected chi connectivity index (χ2v) is 7.48. The van der Waals surface area contributed by atoms with Crippen LogP contribution in [-0.2, 0) is 0 Å². The average molecular weight is 335 g/mol. The van der Waals surface area contributed by atoms with Gasteiger partial charge < -0.3 is 14.9 Å². The Labute approximate surface area is 141 Å². The Balaban J connectivity index is 2.27. The van der Waals surface area contributed by atoms with Crippen molar-refractivity contribution in [2.24, 2.45) is 0 Å². The molecule has 2 N–H and O–H groups in total. The van der Waals surface area contributed by atoms with Crippen LogP contribution in [0.4, 0.5) is 5.69 Å². The minimum absolute atomic E-state index is 0.0106. The second-order valence-electron chi connectivity index (χ2n) is 7.11. The molecule has 0 radical (unpaired) electrons. The number of aryl methyl sites for hydroxylation is 2. The van der Waals surface area contributed by atoms with Gasteiger partial charge in [-0.1, -0.05) is 23.7 Å². The van der Waals surface area contributed by atoms with Gasteiger partial charge in [-0.05, 0) is 51.8 Å². The molecule has 0 saturated heterocycles. The third-order valence-corrected chi connectivity index (χ3v) is 5.47. The Morgan fingerprint density at radius 1 is 1.30 bits per heavy atom. The van der Waals surface area contributed by atoms with Gasteiger partial charge in [0.2, 0.25) is 0 Å². The molecule has 0 spiro atoms. The molecule has 0 bridgehead atoms. The average Bonchev–Trinajstić information content (AvgIpc) is 2.81. The van der Waals surface area contributed by atoms with Crippen LogP contribution in [-0.4, -0.2) is 21.9 Å². The number of halogens is 1. The quantitative estimate of drug-likeness (QED) is 0.800. The summed E-state index contributed by atoms with van der Waals surface area (Å²) in [5.41, 5.74) is 5.37. The topological polar surface area (TPSA) is 58.3 Å². The largest absolute Gasteiger partial charge is 0.390 e. The fourth-order valence-electron chi connectivity index (χ4n) is 3.58. The Hall–Kier alpha value is -1.52. The Morgan fingerprint density at radius 3 is 2.52 bits per heavy atom. The van der Waals surface area contributed by atoms with Crippen molar-refractivity contribution >= 4 is 17.3 Å². The molecule has 0 fully saturated rings. The fraction of sp³-hybridized carbons (Fsp3) is 0.500. The summed E-state index contributed by atoms with van der Waals surface area (Å²) in [6.45, 7) is 11.9. The van der Waals surface area contributed by atoms with E-state index < -0.39 is 11.6 Å². The summed E-state index contributed by atoms with van der Waals surface area (Å²) in [4.78, 5) is 0. The molecule has 0 amide bonds. The van der Waals surface area contributed by atoms with E-state index in [0.29, 0.717) is 5.02 Å². The number of benzene rings is 1. The van der Waals surface area contributed by atoms with E-state index in [4.69, 9.17) is 16.1 Å². The summed E-state index contributed by atoms with van der Waals surface area (Å²) >= 11 is 6.67. The van der Waals surface area contributed by atoms with Gasteiger partial charge in [-0.15, -0.1) is 0 Å². The van der Waals surface area contributed by atoms with Crippen LogP contribution < -0.4 is 5.32 Å². The highest BCUT2D eigenvalue weighted by atomic mass is 35.5. The van der Waals surface area contributed by atoms with Gasteiger partial charge >= 0.3 is 0 Å². The van der Waals surface area contributed by atoms with Crippen molar-refractivity contribution in [3.63, 3.8) is 0 Å². The molecule has 4 nitrogen and oxygen atoms in total. The van der Waals surface area contributed by atoms with E-state index in [1.165, 1.54) is 0 Å². The molecule has 1 aromatic heterocycles. The second kappa shape index (κ2) is 5.25. The molecule has 1 aliphatic rings. The molecule has 0 saturated carbocycles. The Kier molecular flexibility index (Phi) is 3.73. The number of aliphatic hydroxyl groups excluding tert-OH is 1. The Morgan fingerprint density at radius 2 is 1.96 bits per heavy atom. The van der Waals surface area contributed by atoms with Crippen LogP contribution >= 0.6 is 11.6 Å². The molecule has 2 heterocycles. The van der Waals surface area contributed by atoms with Crippen LogP contribution in [0.2, 0.25) is 5.02 Å². The van der Waals surface area contributed by atoms with Gasteiger partial charge in [0.25, 0.3) is 0 Å². The van der Waals surface area contributed by atoms with Crippen molar-refractivity contribution < 1.29 is 9.63 Å². The molecule has 0 unspecified atom stereocenters. The van der Waals surface area contributed by atoms with Gasteiger partial charge in [0.05, 0.1) is 22.4 Å². The highest BCUT2D eigenvalue weighted by Crippen LogP contribution is 2.46. The van der Waals surface area contributed by atoms with E-state index >= 15 is 0 Å². The van der Waals surface area contributed by atoms with Crippen LogP contribution in [0, 0.1) is 20.8 Å². The first-order chi connectivity index (χ1) is 10.6. The van der Waals surface area contributed by atoms with Crippen LogP contribution in [0.5, 0.6) is 0 Å². The molecule has 2 atom stereocenters. The van der Waals surface area contributed by atoms with Gasteiger partial charge in [0.15, 0.2) is 0 Å². The predicted molar refractivity (Wildman–Crippen MR) is 93.3 cm³/mol. The summed E-state index contributed by atoms with van der Waals surface area (Å²) in [6, 6.07) is 2.06. The lowest BCUT2D eigenvalue weighted by Gasteiger charge is -2.43. The van der Waals surface area contributed by atoms with Crippen LogP contribution in [0.1, 0.15) is 49.3 Å². The van der Waals surface area contributed by atoms with E-state index in [1.807, 2.05) is 34.6 Å². The first-order valence-corrected chi connectivity index (χ1v) is 8.25. The number of aliphatic hydroxyl groups is 1. The van der Waals surface area contributed by atoms with Crippen LogP contribution in [0.25, 0.3) is 11.1 Å². The number of fused-ring (bicyclic) bond motifs is 1. The van der Waals surface area contributed by atoms with Crippen LogP contribution in [0.15, 0.2) is 10.6 Å². The molecular weight excluding hydrogens is 312 g/mol. The SMILES string of the molecule is Cc1noc(C)c1-c1cc2c(c(C)c1Cl)NC(C)(C)[C@H](O)[C@H]2C. The maximum absolute atomic E-state index is 10.6. The summed E-state index contributed by atoms with van der Waals surface area (Å²) in [6.07, 6.45) is -0.479. The van der Waals surface area contributed by atoms with Crippen molar-refractivity contribution in [1.29, 1.82) is 0 Å². The smallest absolute Gasteiger partial charge is 0.141 e. The van der Waals surface area contributed by atoms with Crippen molar-refractivity contribution in [3.8, 4) is 11.1 Å². The normalized spacial score (nSPS) is 22.6. The van der Waals surface area contributed by atoms with Gasteiger partial charge in [0.1, 0.15) is 5.76 Å². The number of rotatable bonds is 1. The highest BCUT2D eigenvalue weighted by molar-refractivity contribution is 6.34. The standard InChI is InChI=1S/C18H23ClN2O2/c1-8-12-7-13(14-10(3)21-23-11(14)4)15(19)9(2)16(12)20-18(5,6)17(8)22/h7-8,17,20,22H,1-6H3/t8-,17+/m0/s1. The highest BCUT2D eigenvalue weighted by Gasteiger charge is 2.40. The molecule has 3 rings (SSSR count). The monoisotopic (exact) mass is 334 g/mol. The zero-order chi connectivity index (χ0) is 17.1. The lowest BCUT2D eigenvalue weighted by atomic mass is 9.77. The number of hydrogen-bond donors (Lipinski definition) is 2. The number of anilines is 1. The molecular formula is C18H23ClN2O2. The third-order valence-electron chi connectivity index (χ3n) is 4.98. The summed E-state index contributed by atoms with van der Waals surface area (Å²) < 4.78 is 5.30. The maximum atomic E-state index is 10.6. The summed E-state index contributed by atoms with van der Waals surface area (Å²) in [5.74, 6) is 0.762. The molecule has 0 aliphatic carbocycles. The summed E-state index contributed by atoms with van der Waals surface area (Å²) in [5, 5.41) is 18.8. The van der Waals surface area contributed by atoms with E-state index in [2.05, 4.69) is 23.5 Å². The van der Waals surface area contributed by atoms with Crippen molar-refractivity contribution in [1.82, 2.24) is 5.16 Å².